The second-order valence-corrected chi connectivity index (χ2v) is 8.05. The van der Waals surface area contributed by atoms with Crippen molar-refractivity contribution in [1.29, 1.82) is 0 Å². The number of anilines is 1. The molecule has 0 saturated carbocycles. The summed E-state index contributed by atoms with van der Waals surface area (Å²) < 4.78 is 5.53. The molecule has 180 valence electrons. The highest BCUT2D eigenvalue weighted by molar-refractivity contribution is 7.80. The van der Waals surface area contributed by atoms with Crippen molar-refractivity contribution in [2.24, 2.45) is 0 Å². The maximum Gasteiger partial charge on any atom is 0.269 e. The first-order valence-electron chi connectivity index (χ1n) is 11.0. The van der Waals surface area contributed by atoms with Crippen LogP contribution in [0, 0.1) is 6.92 Å². The van der Waals surface area contributed by atoms with E-state index in [4.69, 9.17) is 17.0 Å². The Labute approximate surface area is 209 Å². The molecular formula is C26H26N4O4S. The molecule has 0 aliphatic carbocycles. The summed E-state index contributed by atoms with van der Waals surface area (Å²) in [7, 11) is 0. The Morgan fingerprint density at radius 2 is 1.49 bits per heavy atom. The fraction of sp³-hybridized carbons (Fsp3) is 0.154. The maximum atomic E-state index is 12.4. The molecule has 0 unspecified atom stereocenters. The van der Waals surface area contributed by atoms with Gasteiger partial charge < -0.3 is 10.1 Å². The zero-order valence-corrected chi connectivity index (χ0v) is 20.2. The maximum absolute atomic E-state index is 12.4. The predicted molar refractivity (Wildman–Crippen MR) is 138 cm³/mol. The van der Waals surface area contributed by atoms with Crippen molar-refractivity contribution in [1.82, 2.24) is 16.2 Å². The third-order valence-electron chi connectivity index (χ3n) is 4.77. The van der Waals surface area contributed by atoms with Crippen molar-refractivity contribution in [3.05, 3.63) is 95.1 Å². The second kappa shape index (κ2) is 12.3. The molecule has 0 aliphatic heterocycles. The van der Waals surface area contributed by atoms with Crippen LogP contribution in [0.1, 0.15) is 50.0 Å². The summed E-state index contributed by atoms with van der Waals surface area (Å²) in [5.74, 6) is -0.554. The highest BCUT2D eigenvalue weighted by atomic mass is 32.1. The van der Waals surface area contributed by atoms with Gasteiger partial charge in [0.2, 0.25) is 0 Å². The number of benzene rings is 3. The minimum absolute atomic E-state index is 0.0646. The van der Waals surface area contributed by atoms with Crippen LogP contribution in [0.5, 0.6) is 5.75 Å². The average Bonchev–Trinajstić information content (AvgIpc) is 2.86. The molecule has 4 N–H and O–H groups in total. The normalized spacial score (nSPS) is 10.1. The van der Waals surface area contributed by atoms with Gasteiger partial charge in [-0.3, -0.25) is 30.6 Å². The lowest BCUT2D eigenvalue weighted by atomic mass is 10.1. The summed E-state index contributed by atoms with van der Waals surface area (Å²) in [5, 5.41) is 5.23. The van der Waals surface area contributed by atoms with Gasteiger partial charge in [0.15, 0.2) is 5.11 Å². The summed E-state index contributed by atoms with van der Waals surface area (Å²) in [6, 6.07) is 20.3. The minimum Gasteiger partial charge on any atom is -0.494 e. The standard InChI is InChI=1S/C26H26N4O4S/c1-3-14-34-22-9-5-8-20(16-22)24(32)28-26(35)30-29-25(33)18-10-12-21(13-11-18)27-23(31)19-7-4-6-17(2)15-19/h4-13,15-16H,3,14H2,1-2H3,(H,27,31)(H,29,33)(H2,28,30,32,35). The zero-order chi connectivity index (χ0) is 25.2. The molecule has 3 rings (SSSR count). The van der Waals surface area contributed by atoms with E-state index >= 15 is 0 Å². The Balaban J connectivity index is 1.48. The first kappa shape index (κ1) is 25.4. The molecular weight excluding hydrogens is 464 g/mol. The van der Waals surface area contributed by atoms with E-state index in [-0.39, 0.29) is 11.0 Å². The van der Waals surface area contributed by atoms with Crippen molar-refractivity contribution in [2.75, 3.05) is 11.9 Å². The Morgan fingerprint density at radius 1 is 0.800 bits per heavy atom. The molecule has 3 aromatic rings. The topological polar surface area (TPSA) is 109 Å². The molecule has 3 aromatic carbocycles. The van der Waals surface area contributed by atoms with Crippen molar-refractivity contribution in [2.45, 2.75) is 20.3 Å². The number of aryl methyl sites for hydroxylation is 1. The van der Waals surface area contributed by atoms with Gasteiger partial charge in [0.1, 0.15) is 5.75 Å². The highest BCUT2D eigenvalue weighted by Gasteiger charge is 2.11. The molecule has 0 spiro atoms. The molecule has 0 heterocycles. The molecule has 35 heavy (non-hydrogen) atoms. The van der Waals surface area contributed by atoms with Crippen molar-refractivity contribution < 1.29 is 19.1 Å². The summed E-state index contributed by atoms with van der Waals surface area (Å²) in [6.07, 6.45) is 0.856. The number of hydrogen-bond acceptors (Lipinski definition) is 5. The second-order valence-electron chi connectivity index (χ2n) is 7.64. The number of carbonyl (C=O) groups is 3. The van der Waals surface area contributed by atoms with Crippen LogP contribution in [0.25, 0.3) is 0 Å². The van der Waals surface area contributed by atoms with E-state index in [9.17, 15) is 14.4 Å². The summed E-state index contributed by atoms with van der Waals surface area (Å²) in [4.78, 5) is 37.2. The lowest BCUT2D eigenvalue weighted by Gasteiger charge is -2.12. The van der Waals surface area contributed by atoms with Crippen molar-refractivity contribution in [3.8, 4) is 5.75 Å². The average molecular weight is 491 g/mol. The van der Waals surface area contributed by atoms with Crippen molar-refractivity contribution >= 4 is 40.7 Å². The van der Waals surface area contributed by atoms with Crippen LogP contribution in [0.4, 0.5) is 5.69 Å². The largest absolute Gasteiger partial charge is 0.494 e. The van der Waals surface area contributed by atoms with Gasteiger partial charge in [0.25, 0.3) is 17.7 Å². The summed E-state index contributed by atoms with van der Waals surface area (Å²) >= 11 is 5.09. The van der Waals surface area contributed by atoms with Gasteiger partial charge in [-0.25, -0.2) is 0 Å². The molecule has 0 saturated heterocycles. The van der Waals surface area contributed by atoms with Crippen LogP contribution in [0.2, 0.25) is 0 Å². The van der Waals surface area contributed by atoms with E-state index < -0.39 is 11.8 Å². The molecule has 9 heteroatoms. The van der Waals surface area contributed by atoms with Crippen LogP contribution in [-0.4, -0.2) is 29.4 Å². The number of thiocarbonyl (C=S) groups is 1. The van der Waals surface area contributed by atoms with Crippen LogP contribution in [-0.2, 0) is 0 Å². The Hall–Kier alpha value is -4.24. The lowest BCUT2D eigenvalue weighted by Crippen LogP contribution is -2.48. The monoisotopic (exact) mass is 490 g/mol. The van der Waals surface area contributed by atoms with E-state index in [1.165, 1.54) is 0 Å². The quantitative estimate of drug-likeness (QED) is 0.295. The van der Waals surface area contributed by atoms with E-state index in [0.29, 0.717) is 34.7 Å². The fourth-order valence-corrected chi connectivity index (χ4v) is 3.18. The third-order valence-corrected chi connectivity index (χ3v) is 4.98. The van der Waals surface area contributed by atoms with Crippen LogP contribution in [0.3, 0.4) is 0 Å². The molecule has 8 nitrogen and oxygen atoms in total. The van der Waals surface area contributed by atoms with Gasteiger partial charge in [0, 0.05) is 22.4 Å². The van der Waals surface area contributed by atoms with Gasteiger partial charge in [-0.05, 0) is 80.2 Å². The first-order valence-corrected chi connectivity index (χ1v) is 11.4. The van der Waals surface area contributed by atoms with Gasteiger partial charge >= 0.3 is 0 Å². The van der Waals surface area contributed by atoms with E-state index in [0.717, 1.165) is 12.0 Å². The Bertz CT molecular complexity index is 1230. The number of carbonyl (C=O) groups excluding carboxylic acids is 3. The summed E-state index contributed by atoms with van der Waals surface area (Å²) in [5.41, 5.74) is 7.72. The number of hydrogen-bond donors (Lipinski definition) is 4. The SMILES string of the molecule is CCCOc1cccc(C(=O)NC(=S)NNC(=O)c2ccc(NC(=O)c3cccc(C)c3)cc2)c1. The van der Waals surface area contributed by atoms with Gasteiger partial charge in [-0.2, -0.15) is 0 Å². The van der Waals surface area contributed by atoms with E-state index in [1.54, 1.807) is 60.7 Å². The van der Waals surface area contributed by atoms with E-state index in [2.05, 4.69) is 21.5 Å². The van der Waals surface area contributed by atoms with Crippen LogP contribution < -0.4 is 26.2 Å². The molecule has 0 aromatic heterocycles. The minimum atomic E-state index is -0.465. The van der Waals surface area contributed by atoms with Crippen LogP contribution >= 0.6 is 12.2 Å². The molecule has 3 amide bonds. The molecule has 0 aliphatic rings. The lowest BCUT2D eigenvalue weighted by molar-refractivity contribution is 0.0934. The molecule has 0 bridgehead atoms. The molecule has 0 radical (unpaired) electrons. The number of ether oxygens (including phenoxy) is 1. The highest BCUT2D eigenvalue weighted by Crippen LogP contribution is 2.14. The number of amides is 3. The molecule has 0 fully saturated rings. The molecule has 0 atom stereocenters. The zero-order valence-electron chi connectivity index (χ0n) is 19.4. The van der Waals surface area contributed by atoms with Crippen molar-refractivity contribution in [3.63, 3.8) is 0 Å². The predicted octanol–water partition coefficient (Wildman–Crippen LogP) is 3.99. The fourth-order valence-electron chi connectivity index (χ4n) is 3.03. The van der Waals surface area contributed by atoms with Gasteiger partial charge in [-0.15, -0.1) is 0 Å². The third kappa shape index (κ3) is 7.65. The van der Waals surface area contributed by atoms with E-state index in [1.807, 2.05) is 26.0 Å². The van der Waals surface area contributed by atoms with Gasteiger partial charge in [-0.1, -0.05) is 30.7 Å². The number of hydrazine groups is 1. The number of rotatable bonds is 7. The Morgan fingerprint density at radius 3 is 2.17 bits per heavy atom. The van der Waals surface area contributed by atoms with Crippen LogP contribution in [0.15, 0.2) is 72.8 Å². The Kier molecular flexibility index (Phi) is 8.91. The van der Waals surface area contributed by atoms with Gasteiger partial charge in [0.05, 0.1) is 6.61 Å². The summed E-state index contributed by atoms with van der Waals surface area (Å²) in [6.45, 7) is 4.46. The smallest absolute Gasteiger partial charge is 0.269 e. The number of nitrogens with one attached hydrogen (secondary N) is 4. The first-order chi connectivity index (χ1) is 16.9.